The SMILES string of the molecule is CCNC(=NCC(=O)Nc1ccccc1)N1CCN(c2ccc(OC)cc2)CC1. The zero-order valence-corrected chi connectivity index (χ0v) is 17.1. The molecule has 0 spiro atoms. The van der Waals surface area contributed by atoms with Gasteiger partial charge in [-0.25, -0.2) is 4.99 Å². The maximum Gasteiger partial charge on any atom is 0.246 e. The third kappa shape index (κ3) is 5.88. The summed E-state index contributed by atoms with van der Waals surface area (Å²) >= 11 is 0. The standard InChI is InChI=1S/C22H29N5O2/c1-3-23-22(24-17-21(28)25-18-7-5-4-6-8-18)27-15-13-26(14-16-27)19-9-11-20(29-2)12-10-19/h4-12H,3,13-17H2,1-2H3,(H,23,24)(H,25,28). The molecule has 7 heteroatoms. The summed E-state index contributed by atoms with van der Waals surface area (Å²) in [5.41, 5.74) is 1.97. The minimum Gasteiger partial charge on any atom is -0.497 e. The Hall–Kier alpha value is -3.22. The molecule has 1 saturated heterocycles. The molecule has 0 saturated carbocycles. The van der Waals surface area contributed by atoms with E-state index in [1.165, 1.54) is 5.69 Å². The Labute approximate surface area is 172 Å². The van der Waals surface area contributed by atoms with Gasteiger partial charge in [-0.3, -0.25) is 4.79 Å². The van der Waals surface area contributed by atoms with Gasteiger partial charge >= 0.3 is 0 Å². The van der Waals surface area contributed by atoms with Gasteiger partial charge in [-0.05, 0) is 43.3 Å². The summed E-state index contributed by atoms with van der Waals surface area (Å²) in [5, 5.41) is 6.17. The first-order valence-electron chi connectivity index (χ1n) is 9.96. The van der Waals surface area contributed by atoms with Crippen LogP contribution >= 0.6 is 0 Å². The monoisotopic (exact) mass is 395 g/mol. The normalized spacial score (nSPS) is 14.5. The summed E-state index contributed by atoms with van der Waals surface area (Å²) < 4.78 is 5.23. The van der Waals surface area contributed by atoms with Crippen LogP contribution in [0.2, 0.25) is 0 Å². The number of aliphatic imine (C=N–C) groups is 1. The Morgan fingerprint density at radius 1 is 1.03 bits per heavy atom. The number of benzene rings is 2. The number of piperazine rings is 1. The highest BCUT2D eigenvalue weighted by Gasteiger charge is 2.20. The van der Waals surface area contributed by atoms with Gasteiger partial charge in [0.1, 0.15) is 12.3 Å². The number of ether oxygens (including phenoxy) is 1. The Morgan fingerprint density at radius 2 is 1.72 bits per heavy atom. The van der Waals surface area contributed by atoms with Gasteiger partial charge in [0.25, 0.3) is 0 Å². The van der Waals surface area contributed by atoms with Crippen LogP contribution in [0.1, 0.15) is 6.92 Å². The van der Waals surface area contributed by atoms with Crippen LogP contribution in [0, 0.1) is 0 Å². The lowest BCUT2D eigenvalue weighted by atomic mass is 10.2. The van der Waals surface area contributed by atoms with Gasteiger partial charge in [-0.2, -0.15) is 0 Å². The predicted molar refractivity (Wildman–Crippen MR) is 118 cm³/mol. The van der Waals surface area contributed by atoms with Gasteiger partial charge in [-0.15, -0.1) is 0 Å². The summed E-state index contributed by atoms with van der Waals surface area (Å²) in [7, 11) is 1.68. The van der Waals surface area contributed by atoms with Gasteiger partial charge in [0, 0.05) is 44.1 Å². The molecule has 154 valence electrons. The molecule has 2 N–H and O–H groups in total. The van der Waals surface area contributed by atoms with Crippen molar-refractivity contribution in [3.05, 3.63) is 54.6 Å². The van der Waals surface area contributed by atoms with E-state index in [4.69, 9.17) is 4.74 Å². The average molecular weight is 396 g/mol. The van der Waals surface area contributed by atoms with Gasteiger partial charge in [0.2, 0.25) is 5.91 Å². The van der Waals surface area contributed by atoms with E-state index in [-0.39, 0.29) is 12.5 Å². The number of carbonyl (C=O) groups is 1. The van der Waals surface area contributed by atoms with Crippen molar-refractivity contribution in [2.75, 3.05) is 56.6 Å². The van der Waals surface area contributed by atoms with Gasteiger partial charge in [0.15, 0.2) is 5.96 Å². The average Bonchev–Trinajstić information content (AvgIpc) is 2.77. The van der Waals surface area contributed by atoms with E-state index in [1.54, 1.807) is 7.11 Å². The molecule has 1 amide bonds. The van der Waals surface area contributed by atoms with E-state index in [9.17, 15) is 4.79 Å². The predicted octanol–water partition coefficient (Wildman–Crippen LogP) is 2.42. The number of para-hydroxylation sites is 1. The number of anilines is 2. The van der Waals surface area contributed by atoms with E-state index < -0.39 is 0 Å². The molecule has 0 aromatic heterocycles. The molecule has 2 aromatic carbocycles. The number of amides is 1. The van der Waals surface area contributed by atoms with Crippen molar-refractivity contribution in [2.45, 2.75) is 6.92 Å². The van der Waals surface area contributed by atoms with E-state index >= 15 is 0 Å². The second kappa shape index (κ2) is 10.4. The van der Waals surface area contributed by atoms with Crippen LogP contribution in [-0.4, -0.2) is 63.1 Å². The molecule has 2 aromatic rings. The number of nitrogens with zero attached hydrogens (tertiary/aromatic N) is 3. The van der Waals surface area contributed by atoms with Crippen molar-refractivity contribution >= 4 is 23.2 Å². The van der Waals surface area contributed by atoms with E-state index in [0.29, 0.717) is 0 Å². The molecule has 1 fully saturated rings. The van der Waals surface area contributed by atoms with E-state index in [1.807, 2.05) is 49.4 Å². The second-order valence-corrected chi connectivity index (χ2v) is 6.76. The topological polar surface area (TPSA) is 69.2 Å². The molecule has 0 bridgehead atoms. The Morgan fingerprint density at radius 3 is 2.34 bits per heavy atom. The lowest BCUT2D eigenvalue weighted by Crippen LogP contribution is -2.52. The number of carbonyl (C=O) groups excluding carboxylic acids is 1. The summed E-state index contributed by atoms with van der Waals surface area (Å²) in [6, 6.07) is 17.6. The summed E-state index contributed by atoms with van der Waals surface area (Å²) in [6.07, 6.45) is 0. The Bertz CT molecular complexity index is 800. The maximum atomic E-state index is 12.2. The molecule has 3 rings (SSSR count). The smallest absolute Gasteiger partial charge is 0.246 e. The molecule has 7 nitrogen and oxygen atoms in total. The zero-order chi connectivity index (χ0) is 20.5. The van der Waals surface area contributed by atoms with Crippen molar-refractivity contribution in [3.8, 4) is 5.75 Å². The first-order valence-corrected chi connectivity index (χ1v) is 9.96. The van der Waals surface area contributed by atoms with Crippen molar-refractivity contribution in [3.63, 3.8) is 0 Å². The fourth-order valence-electron chi connectivity index (χ4n) is 3.26. The van der Waals surface area contributed by atoms with Crippen molar-refractivity contribution < 1.29 is 9.53 Å². The van der Waals surface area contributed by atoms with Gasteiger partial charge < -0.3 is 25.2 Å². The van der Waals surface area contributed by atoms with Crippen LogP contribution in [-0.2, 0) is 4.79 Å². The largest absolute Gasteiger partial charge is 0.497 e. The first kappa shape index (κ1) is 20.5. The van der Waals surface area contributed by atoms with Crippen LogP contribution in [0.25, 0.3) is 0 Å². The maximum absolute atomic E-state index is 12.2. The quantitative estimate of drug-likeness (QED) is 0.581. The van der Waals surface area contributed by atoms with Crippen molar-refractivity contribution in [1.29, 1.82) is 0 Å². The number of rotatable bonds is 6. The molecule has 1 heterocycles. The van der Waals surface area contributed by atoms with Crippen LogP contribution in [0.15, 0.2) is 59.6 Å². The Balaban J connectivity index is 1.55. The summed E-state index contributed by atoms with van der Waals surface area (Å²) in [5.74, 6) is 1.52. The molecule has 0 unspecified atom stereocenters. The number of hydrogen-bond donors (Lipinski definition) is 2. The molecule has 29 heavy (non-hydrogen) atoms. The minimum absolute atomic E-state index is 0.0932. The number of hydrogen-bond acceptors (Lipinski definition) is 4. The lowest BCUT2D eigenvalue weighted by Gasteiger charge is -2.37. The van der Waals surface area contributed by atoms with Crippen LogP contribution in [0.3, 0.4) is 0 Å². The van der Waals surface area contributed by atoms with Crippen molar-refractivity contribution in [1.82, 2.24) is 10.2 Å². The fourth-order valence-corrected chi connectivity index (χ4v) is 3.26. The molecular weight excluding hydrogens is 366 g/mol. The van der Waals surface area contributed by atoms with Crippen LogP contribution in [0.4, 0.5) is 11.4 Å². The third-order valence-electron chi connectivity index (χ3n) is 4.78. The van der Waals surface area contributed by atoms with Gasteiger partial charge in [0.05, 0.1) is 7.11 Å². The lowest BCUT2D eigenvalue weighted by molar-refractivity contribution is -0.114. The Kier molecular flexibility index (Phi) is 7.33. The minimum atomic E-state index is -0.122. The second-order valence-electron chi connectivity index (χ2n) is 6.76. The highest BCUT2D eigenvalue weighted by molar-refractivity contribution is 5.94. The summed E-state index contributed by atoms with van der Waals surface area (Å²) in [6.45, 7) is 6.37. The molecule has 0 radical (unpaired) electrons. The molecular formula is C22H29N5O2. The van der Waals surface area contributed by atoms with Crippen LogP contribution in [0.5, 0.6) is 5.75 Å². The van der Waals surface area contributed by atoms with Crippen molar-refractivity contribution in [2.24, 2.45) is 4.99 Å². The van der Waals surface area contributed by atoms with E-state index in [0.717, 1.165) is 50.1 Å². The van der Waals surface area contributed by atoms with E-state index in [2.05, 4.69) is 37.6 Å². The highest BCUT2D eigenvalue weighted by Crippen LogP contribution is 2.20. The number of nitrogens with one attached hydrogen (secondary N) is 2. The van der Waals surface area contributed by atoms with Crippen LogP contribution < -0.4 is 20.3 Å². The highest BCUT2D eigenvalue weighted by atomic mass is 16.5. The first-order chi connectivity index (χ1) is 14.2. The van der Waals surface area contributed by atoms with Gasteiger partial charge in [-0.1, -0.05) is 18.2 Å². The molecule has 0 aliphatic carbocycles. The zero-order valence-electron chi connectivity index (χ0n) is 17.1. The molecule has 1 aliphatic heterocycles. The molecule has 0 atom stereocenters. The number of methoxy groups -OCH3 is 1. The summed E-state index contributed by atoms with van der Waals surface area (Å²) in [4.78, 5) is 21.3. The third-order valence-corrected chi connectivity index (χ3v) is 4.78. The fraction of sp³-hybridized carbons (Fsp3) is 0.364. The number of guanidine groups is 1. The molecule has 1 aliphatic rings.